The molecule has 58 valence electrons. The lowest BCUT2D eigenvalue weighted by Crippen LogP contribution is -2.04. The van der Waals surface area contributed by atoms with Crippen LogP contribution in [-0.2, 0) is 4.79 Å². The summed E-state index contributed by atoms with van der Waals surface area (Å²) < 4.78 is 34.2. The molecule has 0 N–H and O–H groups in total. The van der Waals surface area contributed by atoms with Gasteiger partial charge in [0.2, 0.25) is 0 Å². The molecule has 0 atom stereocenters. The number of alkyl halides is 3. The second-order valence-electron chi connectivity index (χ2n) is 1.89. The fourth-order valence-corrected chi connectivity index (χ4v) is 0.325. The van der Waals surface area contributed by atoms with Crippen molar-refractivity contribution in [3.63, 3.8) is 0 Å². The number of aldehydes is 1. The van der Waals surface area contributed by atoms with Crippen LogP contribution in [0, 0.1) is 0 Å². The smallest absolute Gasteiger partial charge is 0.298 e. The van der Waals surface area contributed by atoms with Crippen molar-refractivity contribution in [2.75, 3.05) is 0 Å². The number of hydrogen-bond acceptors (Lipinski definition) is 1. The van der Waals surface area contributed by atoms with Gasteiger partial charge in [0.05, 0.1) is 6.42 Å². The van der Waals surface area contributed by atoms with Gasteiger partial charge in [-0.25, -0.2) is 0 Å². The molecule has 0 aliphatic rings. The Balaban J connectivity index is 3.84. The average Bonchev–Trinajstić information content (AvgIpc) is 1.81. The highest BCUT2D eigenvalue weighted by molar-refractivity contribution is 5.71. The van der Waals surface area contributed by atoms with E-state index in [1.807, 2.05) is 0 Å². The van der Waals surface area contributed by atoms with Crippen molar-refractivity contribution in [1.82, 2.24) is 0 Å². The number of rotatable bonds is 2. The summed E-state index contributed by atoms with van der Waals surface area (Å²) in [4.78, 5) is 9.79. The molecule has 0 aliphatic carbocycles. The van der Waals surface area contributed by atoms with E-state index in [0.717, 1.165) is 6.08 Å². The molecule has 0 radical (unpaired) electrons. The molecule has 0 unspecified atom stereocenters. The van der Waals surface area contributed by atoms with Crippen LogP contribution in [-0.4, -0.2) is 12.5 Å². The lowest BCUT2D eigenvalue weighted by atomic mass is 10.2. The Labute approximate surface area is 56.5 Å². The Kier molecular flexibility index (Phi) is 3.12. The van der Waals surface area contributed by atoms with Crippen LogP contribution in [0.15, 0.2) is 11.6 Å². The van der Waals surface area contributed by atoms with Crippen molar-refractivity contribution >= 4 is 6.29 Å². The molecule has 0 aliphatic heterocycles. The zero-order valence-corrected chi connectivity index (χ0v) is 5.40. The Morgan fingerprint density at radius 1 is 1.50 bits per heavy atom. The second kappa shape index (κ2) is 3.39. The number of hydrogen-bond donors (Lipinski definition) is 0. The van der Waals surface area contributed by atoms with Gasteiger partial charge < -0.3 is 0 Å². The minimum absolute atomic E-state index is 0.109. The first-order chi connectivity index (χ1) is 4.45. The van der Waals surface area contributed by atoms with Crippen LogP contribution in [0.25, 0.3) is 0 Å². The summed E-state index contributed by atoms with van der Waals surface area (Å²) in [6, 6.07) is 0. The Hall–Kier alpha value is -0.800. The molecule has 0 fully saturated rings. The molecule has 0 saturated heterocycles. The van der Waals surface area contributed by atoms with Crippen LogP contribution in [0.4, 0.5) is 13.2 Å². The summed E-state index contributed by atoms with van der Waals surface area (Å²) in [6.45, 7) is 1.33. The Morgan fingerprint density at radius 2 is 2.00 bits per heavy atom. The first kappa shape index (κ1) is 9.20. The highest BCUT2D eigenvalue weighted by Gasteiger charge is 2.24. The molecule has 0 aromatic rings. The van der Waals surface area contributed by atoms with Crippen LogP contribution >= 0.6 is 0 Å². The van der Waals surface area contributed by atoms with Gasteiger partial charge in [-0.3, -0.25) is 4.79 Å². The molecule has 0 aromatic heterocycles. The normalized spacial score (nSPS) is 13.4. The van der Waals surface area contributed by atoms with E-state index in [2.05, 4.69) is 0 Å². The van der Waals surface area contributed by atoms with E-state index < -0.39 is 12.6 Å². The van der Waals surface area contributed by atoms with E-state index in [0.29, 0.717) is 6.29 Å². The molecule has 0 amide bonds. The van der Waals surface area contributed by atoms with Gasteiger partial charge in [0.15, 0.2) is 0 Å². The summed E-state index contributed by atoms with van der Waals surface area (Å²) in [7, 11) is 0. The van der Waals surface area contributed by atoms with E-state index in [-0.39, 0.29) is 5.57 Å². The molecular weight excluding hydrogens is 145 g/mol. The summed E-state index contributed by atoms with van der Waals surface area (Å²) in [5, 5.41) is 0. The first-order valence-electron chi connectivity index (χ1n) is 2.64. The summed E-state index contributed by atoms with van der Waals surface area (Å²) in [5.41, 5.74) is 0.109. The van der Waals surface area contributed by atoms with E-state index in [4.69, 9.17) is 0 Å². The van der Waals surface area contributed by atoms with E-state index in [1.54, 1.807) is 0 Å². The molecule has 10 heavy (non-hydrogen) atoms. The SMILES string of the molecule is C/C(C=O)=C\CC(F)(F)F. The van der Waals surface area contributed by atoms with Gasteiger partial charge in [-0.15, -0.1) is 0 Å². The molecular formula is C6H7F3O. The van der Waals surface area contributed by atoms with Crippen LogP contribution in [0.3, 0.4) is 0 Å². The van der Waals surface area contributed by atoms with Gasteiger partial charge in [-0.2, -0.15) is 13.2 Å². The molecule has 4 heteroatoms. The van der Waals surface area contributed by atoms with Crippen molar-refractivity contribution in [2.24, 2.45) is 0 Å². The van der Waals surface area contributed by atoms with Gasteiger partial charge in [-0.1, -0.05) is 6.08 Å². The topological polar surface area (TPSA) is 17.1 Å². The highest BCUT2D eigenvalue weighted by atomic mass is 19.4. The fourth-order valence-electron chi connectivity index (χ4n) is 0.325. The largest absolute Gasteiger partial charge is 0.392 e. The van der Waals surface area contributed by atoms with Crippen LogP contribution < -0.4 is 0 Å². The standard InChI is InChI=1S/C6H7F3O/c1-5(4-10)2-3-6(7,8)9/h2,4H,3H2,1H3/b5-2+. The number of halogens is 3. The second-order valence-corrected chi connectivity index (χ2v) is 1.89. The summed E-state index contributed by atoms with van der Waals surface area (Å²) in [6.07, 6.45) is -3.99. The van der Waals surface area contributed by atoms with Gasteiger partial charge in [0.1, 0.15) is 6.29 Å². The van der Waals surface area contributed by atoms with Gasteiger partial charge >= 0.3 is 6.18 Å². The molecule has 0 heterocycles. The van der Waals surface area contributed by atoms with Gasteiger partial charge in [0, 0.05) is 0 Å². The quantitative estimate of drug-likeness (QED) is 0.437. The molecule has 0 rings (SSSR count). The molecule has 0 aromatic carbocycles. The average molecular weight is 152 g/mol. The molecule has 0 spiro atoms. The van der Waals surface area contributed by atoms with Crippen LogP contribution in [0.2, 0.25) is 0 Å². The first-order valence-corrected chi connectivity index (χ1v) is 2.64. The summed E-state index contributed by atoms with van der Waals surface area (Å²) in [5.74, 6) is 0. The molecule has 0 saturated carbocycles. The van der Waals surface area contributed by atoms with Crippen molar-refractivity contribution in [3.05, 3.63) is 11.6 Å². The third-order valence-electron chi connectivity index (χ3n) is 0.841. The van der Waals surface area contributed by atoms with E-state index >= 15 is 0 Å². The third kappa shape index (κ3) is 5.34. The lowest BCUT2D eigenvalue weighted by molar-refractivity contribution is -0.125. The van der Waals surface area contributed by atoms with E-state index in [1.165, 1.54) is 6.92 Å². The maximum atomic E-state index is 11.4. The minimum Gasteiger partial charge on any atom is -0.298 e. The van der Waals surface area contributed by atoms with Gasteiger partial charge in [-0.05, 0) is 12.5 Å². The van der Waals surface area contributed by atoms with Crippen LogP contribution in [0.1, 0.15) is 13.3 Å². The Bertz CT molecular complexity index is 146. The molecule has 0 bridgehead atoms. The maximum Gasteiger partial charge on any atom is 0.392 e. The summed E-state index contributed by atoms with van der Waals surface area (Å²) >= 11 is 0. The van der Waals surface area contributed by atoms with E-state index in [9.17, 15) is 18.0 Å². The lowest BCUT2D eigenvalue weighted by Gasteiger charge is -2.00. The van der Waals surface area contributed by atoms with Crippen LogP contribution in [0.5, 0.6) is 0 Å². The highest BCUT2D eigenvalue weighted by Crippen LogP contribution is 2.20. The van der Waals surface area contributed by atoms with Crippen molar-refractivity contribution in [3.8, 4) is 0 Å². The zero-order chi connectivity index (χ0) is 8.20. The monoisotopic (exact) mass is 152 g/mol. The number of allylic oxidation sites excluding steroid dienone is 2. The fraction of sp³-hybridized carbons (Fsp3) is 0.500. The number of carbonyl (C=O) groups excluding carboxylic acids is 1. The number of carbonyl (C=O) groups is 1. The van der Waals surface area contributed by atoms with Gasteiger partial charge in [0.25, 0.3) is 0 Å². The maximum absolute atomic E-state index is 11.4. The zero-order valence-electron chi connectivity index (χ0n) is 5.40. The van der Waals surface area contributed by atoms with Crippen molar-refractivity contribution in [2.45, 2.75) is 19.5 Å². The third-order valence-corrected chi connectivity index (χ3v) is 0.841. The predicted octanol–water partition coefficient (Wildman–Crippen LogP) is 2.08. The molecule has 1 nitrogen and oxygen atoms in total. The van der Waals surface area contributed by atoms with Crippen molar-refractivity contribution in [1.29, 1.82) is 0 Å². The predicted molar refractivity (Wildman–Crippen MR) is 30.5 cm³/mol. The Morgan fingerprint density at radius 3 is 2.30 bits per heavy atom. The minimum atomic E-state index is -4.20. The van der Waals surface area contributed by atoms with Crippen molar-refractivity contribution < 1.29 is 18.0 Å².